The second kappa shape index (κ2) is 5.32. The highest BCUT2D eigenvalue weighted by Gasteiger charge is 2.24. The van der Waals surface area contributed by atoms with Crippen molar-refractivity contribution in [3.05, 3.63) is 0 Å². The molecule has 2 atom stereocenters. The first-order valence-electron chi connectivity index (χ1n) is 4.98. The summed E-state index contributed by atoms with van der Waals surface area (Å²) < 4.78 is 0. The van der Waals surface area contributed by atoms with E-state index in [9.17, 15) is 4.79 Å². The Kier molecular flexibility index (Phi) is 5.08. The first-order chi connectivity index (χ1) is 6.30. The molecule has 2 unspecified atom stereocenters. The predicted molar refractivity (Wildman–Crippen MR) is 56.7 cm³/mol. The predicted octanol–water partition coefficient (Wildman–Crippen LogP) is 0.247. The Morgan fingerprint density at radius 3 is 2.36 bits per heavy atom. The Balaban J connectivity index is 4.17. The van der Waals surface area contributed by atoms with Gasteiger partial charge in [0, 0.05) is 24.1 Å². The molecule has 0 aromatic carbocycles. The van der Waals surface area contributed by atoms with Crippen molar-refractivity contribution in [1.82, 2.24) is 5.32 Å². The van der Waals surface area contributed by atoms with E-state index in [4.69, 9.17) is 10.8 Å². The smallest absolute Gasteiger partial charge is 0.224 e. The van der Waals surface area contributed by atoms with Crippen LogP contribution in [-0.4, -0.2) is 29.2 Å². The molecular formula is C10H22N2O2. The third kappa shape index (κ3) is 4.58. The van der Waals surface area contributed by atoms with Gasteiger partial charge in [-0.15, -0.1) is 0 Å². The fourth-order valence-electron chi connectivity index (χ4n) is 1.03. The number of hydrogen-bond acceptors (Lipinski definition) is 3. The van der Waals surface area contributed by atoms with Gasteiger partial charge in [-0.25, -0.2) is 0 Å². The molecule has 0 heterocycles. The third-order valence-electron chi connectivity index (χ3n) is 2.40. The van der Waals surface area contributed by atoms with Gasteiger partial charge < -0.3 is 16.2 Å². The molecule has 0 radical (unpaired) electrons. The van der Waals surface area contributed by atoms with E-state index in [1.54, 1.807) is 6.92 Å². The number of nitrogens with two attached hydrogens (primary N) is 1. The fraction of sp³-hybridized carbons (Fsp3) is 0.900. The molecule has 0 fully saturated rings. The minimum atomic E-state index is -0.366. The van der Waals surface area contributed by atoms with Gasteiger partial charge in [0.1, 0.15) is 0 Å². The SMILES string of the molecule is CC(N)C(C)C(=O)NC(C)(C)CCO. The van der Waals surface area contributed by atoms with Gasteiger partial charge >= 0.3 is 0 Å². The summed E-state index contributed by atoms with van der Waals surface area (Å²) in [6.45, 7) is 7.45. The zero-order valence-corrected chi connectivity index (χ0v) is 9.50. The second-order valence-electron chi connectivity index (χ2n) is 4.49. The van der Waals surface area contributed by atoms with Gasteiger partial charge in [-0.2, -0.15) is 0 Å². The Morgan fingerprint density at radius 1 is 1.50 bits per heavy atom. The van der Waals surface area contributed by atoms with Crippen molar-refractivity contribution >= 4 is 5.91 Å². The number of aliphatic hydroxyl groups is 1. The average Bonchev–Trinajstić information content (AvgIpc) is 2.01. The Labute approximate surface area is 85.9 Å². The summed E-state index contributed by atoms with van der Waals surface area (Å²) in [5.74, 6) is -0.258. The van der Waals surface area contributed by atoms with Crippen LogP contribution in [0.4, 0.5) is 0 Å². The van der Waals surface area contributed by atoms with E-state index in [1.807, 2.05) is 20.8 Å². The fourth-order valence-corrected chi connectivity index (χ4v) is 1.03. The first kappa shape index (κ1) is 13.4. The highest BCUT2D eigenvalue weighted by molar-refractivity contribution is 5.79. The van der Waals surface area contributed by atoms with Gasteiger partial charge in [0.05, 0.1) is 0 Å². The molecule has 0 spiro atoms. The lowest BCUT2D eigenvalue weighted by Crippen LogP contribution is -2.49. The number of amides is 1. The zero-order chi connectivity index (χ0) is 11.4. The van der Waals surface area contributed by atoms with Crippen molar-refractivity contribution in [3.63, 3.8) is 0 Å². The van der Waals surface area contributed by atoms with Gasteiger partial charge in [-0.1, -0.05) is 6.92 Å². The molecule has 84 valence electrons. The summed E-state index contributed by atoms with van der Waals surface area (Å²) in [6, 6.07) is -0.153. The van der Waals surface area contributed by atoms with Gasteiger partial charge in [0.25, 0.3) is 0 Å². The van der Waals surface area contributed by atoms with E-state index in [0.29, 0.717) is 6.42 Å². The van der Waals surface area contributed by atoms with E-state index in [-0.39, 0.29) is 30.0 Å². The van der Waals surface area contributed by atoms with Crippen molar-refractivity contribution in [2.75, 3.05) is 6.61 Å². The van der Waals surface area contributed by atoms with Crippen LogP contribution in [0.3, 0.4) is 0 Å². The van der Waals surface area contributed by atoms with E-state index in [1.165, 1.54) is 0 Å². The highest BCUT2D eigenvalue weighted by Crippen LogP contribution is 2.09. The lowest BCUT2D eigenvalue weighted by molar-refractivity contribution is -0.126. The third-order valence-corrected chi connectivity index (χ3v) is 2.40. The first-order valence-corrected chi connectivity index (χ1v) is 4.98. The second-order valence-corrected chi connectivity index (χ2v) is 4.49. The van der Waals surface area contributed by atoms with Gasteiger partial charge in [0.15, 0.2) is 0 Å². The molecule has 4 heteroatoms. The minimum absolute atomic E-state index is 0.0570. The Bertz CT molecular complexity index is 191. The quantitative estimate of drug-likeness (QED) is 0.598. The van der Waals surface area contributed by atoms with E-state index >= 15 is 0 Å². The number of nitrogens with one attached hydrogen (secondary N) is 1. The molecule has 1 amide bonds. The average molecular weight is 202 g/mol. The normalized spacial score (nSPS) is 16.1. The molecule has 0 aliphatic rings. The van der Waals surface area contributed by atoms with Crippen molar-refractivity contribution in [3.8, 4) is 0 Å². The summed E-state index contributed by atoms with van der Waals surface area (Å²) in [6.07, 6.45) is 0.546. The lowest BCUT2D eigenvalue weighted by Gasteiger charge is -2.28. The maximum atomic E-state index is 11.6. The number of hydrogen-bond donors (Lipinski definition) is 3. The van der Waals surface area contributed by atoms with Crippen LogP contribution in [0, 0.1) is 5.92 Å². The highest BCUT2D eigenvalue weighted by atomic mass is 16.3. The van der Waals surface area contributed by atoms with Crippen molar-refractivity contribution in [2.24, 2.45) is 11.7 Å². The van der Waals surface area contributed by atoms with Crippen LogP contribution in [0.1, 0.15) is 34.1 Å². The Morgan fingerprint density at radius 2 is 2.00 bits per heavy atom. The summed E-state index contributed by atoms with van der Waals surface area (Å²) >= 11 is 0. The van der Waals surface area contributed by atoms with Gasteiger partial charge in [-0.3, -0.25) is 4.79 Å². The molecule has 0 aliphatic heterocycles. The molecule has 0 aromatic heterocycles. The summed E-state index contributed by atoms with van der Waals surface area (Å²) in [5, 5.41) is 11.6. The molecule has 4 N–H and O–H groups in total. The number of carbonyl (C=O) groups is 1. The lowest BCUT2D eigenvalue weighted by atomic mass is 9.97. The molecule has 0 aliphatic carbocycles. The Hall–Kier alpha value is -0.610. The van der Waals surface area contributed by atoms with Crippen LogP contribution in [-0.2, 0) is 4.79 Å². The minimum Gasteiger partial charge on any atom is -0.396 e. The maximum absolute atomic E-state index is 11.6. The van der Waals surface area contributed by atoms with Gasteiger partial charge in [0.2, 0.25) is 5.91 Å². The largest absolute Gasteiger partial charge is 0.396 e. The molecule has 4 nitrogen and oxygen atoms in total. The van der Waals surface area contributed by atoms with Gasteiger partial charge in [-0.05, 0) is 27.2 Å². The van der Waals surface area contributed by atoms with Crippen LogP contribution in [0.15, 0.2) is 0 Å². The monoisotopic (exact) mass is 202 g/mol. The molecule has 14 heavy (non-hydrogen) atoms. The van der Waals surface area contributed by atoms with Crippen LogP contribution >= 0.6 is 0 Å². The van der Waals surface area contributed by atoms with E-state index in [0.717, 1.165) is 0 Å². The van der Waals surface area contributed by atoms with Crippen molar-refractivity contribution < 1.29 is 9.90 Å². The summed E-state index contributed by atoms with van der Waals surface area (Å²) in [4.78, 5) is 11.6. The topological polar surface area (TPSA) is 75.4 Å². The standard InChI is InChI=1S/C10H22N2O2/c1-7(8(2)11)9(14)12-10(3,4)5-6-13/h7-8,13H,5-6,11H2,1-4H3,(H,12,14). The molecule has 0 rings (SSSR count). The summed E-state index contributed by atoms with van der Waals surface area (Å²) in [5.41, 5.74) is 5.25. The van der Waals surface area contributed by atoms with Crippen LogP contribution in [0.2, 0.25) is 0 Å². The maximum Gasteiger partial charge on any atom is 0.224 e. The summed E-state index contributed by atoms with van der Waals surface area (Å²) in [7, 11) is 0. The molecule has 0 saturated carbocycles. The van der Waals surface area contributed by atoms with Crippen LogP contribution < -0.4 is 11.1 Å². The number of aliphatic hydroxyl groups excluding tert-OH is 1. The molecule has 0 bridgehead atoms. The molecule has 0 aromatic rings. The van der Waals surface area contributed by atoms with Crippen LogP contribution in [0.25, 0.3) is 0 Å². The van der Waals surface area contributed by atoms with Crippen molar-refractivity contribution in [2.45, 2.75) is 45.7 Å². The van der Waals surface area contributed by atoms with Crippen molar-refractivity contribution in [1.29, 1.82) is 0 Å². The molecule has 0 saturated heterocycles. The van der Waals surface area contributed by atoms with E-state index < -0.39 is 0 Å². The van der Waals surface area contributed by atoms with E-state index in [2.05, 4.69) is 5.32 Å². The number of rotatable bonds is 5. The number of carbonyl (C=O) groups excluding carboxylic acids is 1. The zero-order valence-electron chi connectivity index (χ0n) is 9.50. The molecular weight excluding hydrogens is 180 g/mol. The van der Waals surface area contributed by atoms with Crippen LogP contribution in [0.5, 0.6) is 0 Å².